The molecule has 0 spiro atoms. The molecule has 0 saturated heterocycles. The monoisotopic (exact) mass is 421 g/mol. The maximum absolute atomic E-state index is 12.3. The van der Waals surface area contributed by atoms with Crippen molar-refractivity contribution in [1.82, 2.24) is 14.8 Å². The van der Waals surface area contributed by atoms with E-state index in [4.69, 9.17) is 25.0 Å². The molecule has 1 unspecified atom stereocenters. The molecule has 1 atom stereocenters. The molecule has 0 fully saturated rings. The molecule has 9 heteroatoms. The Morgan fingerprint density at radius 3 is 2.26 bits per heavy atom. The van der Waals surface area contributed by atoms with Gasteiger partial charge < -0.3 is 25.3 Å². The molecule has 31 heavy (non-hydrogen) atoms. The van der Waals surface area contributed by atoms with E-state index in [9.17, 15) is 4.79 Å². The highest BCUT2D eigenvalue weighted by Gasteiger charge is 2.33. The van der Waals surface area contributed by atoms with Gasteiger partial charge in [-0.15, -0.1) is 5.10 Å². The SMILES string of the molecule is COc1cc(-c2nc3n(n2)C(c2ccccc2)C(C(N)=O)=C(C)N3)cc(OC)c1OC. The smallest absolute Gasteiger partial charge is 0.248 e. The zero-order valence-corrected chi connectivity index (χ0v) is 17.7. The van der Waals surface area contributed by atoms with E-state index in [-0.39, 0.29) is 0 Å². The molecule has 2 heterocycles. The molecule has 0 radical (unpaired) electrons. The van der Waals surface area contributed by atoms with E-state index in [0.29, 0.717) is 45.9 Å². The summed E-state index contributed by atoms with van der Waals surface area (Å²) in [5.41, 5.74) is 8.33. The molecular weight excluding hydrogens is 398 g/mol. The van der Waals surface area contributed by atoms with E-state index in [1.807, 2.05) is 30.3 Å². The number of hydrogen-bond acceptors (Lipinski definition) is 7. The van der Waals surface area contributed by atoms with Crippen molar-refractivity contribution in [2.45, 2.75) is 13.0 Å². The number of anilines is 1. The minimum atomic E-state index is -0.519. The van der Waals surface area contributed by atoms with Gasteiger partial charge in [-0.1, -0.05) is 30.3 Å². The maximum atomic E-state index is 12.3. The summed E-state index contributed by atoms with van der Waals surface area (Å²) in [4.78, 5) is 16.9. The zero-order chi connectivity index (χ0) is 22.1. The van der Waals surface area contributed by atoms with Gasteiger partial charge in [0.2, 0.25) is 17.6 Å². The normalized spacial score (nSPS) is 15.2. The third kappa shape index (κ3) is 3.43. The Morgan fingerprint density at radius 1 is 1.06 bits per heavy atom. The molecule has 0 aliphatic carbocycles. The molecule has 2 aromatic carbocycles. The first kappa shape index (κ1) is 20.3. The number of carbonyl (C=O) groups is 1. The number of ether oxygens (including phenoxy) is 3. The average Bonchev–Trinajstić information content (AvgIpc) is 3.20. The van der Waals surface area contributed by atoms with Crippen LogP contribution in [0.2, 0.25) is 0 Å². The van der Waals surface area contributed by atoms with Crippen LogP contribution in [0.25, 0.3) is 11.4 Å². The van der Waals surface area contributed by atoms with Crippen LogP contribution < -0.4 is 25.3 Å². The van der Waals surface area contributed by atoms with Gasteiger partial charge in [0.05, 0.1) is 26.9 Å². The van der Waals surface area contributed by atoms with Crippen molar-refractivity contribution in [2.24, 2.45) is 5.73 Å². The maximum Gasteiger partial charge on any atom is 0.248 e. The summed E-state index contributed by atoms with van der Waals surface area (Å²) in [6, 6.07) is 12.6. The van der Waals surface area contributed by atoms with Crippen molar-refractivity contribution in [3.63, 3.8) is 0 Å². The van der Waals surface area contributed by atoms with Gasteiger partial charge in [-0.3, -0.25) is 4.79 Å². The van der Waals surface area contributed by atoms with Crippen LogP contribution in [-0.2, 0) is 4.79 Å². The molecular formula is C22H23N5O4. The minimum Gasteiger partial charge on any atom is -0.493 e. The van der Waals surface area contributed by atoms with Crippen LogP contribution >= 0.6 is 0 Å². The van der Waals surface area contributed by atoms with Crippen molar-refractivity contribution in [3.05, 3.63) is 59.3 Å². The standard InChI is InChI=1S/C22H23N5O4/c1-12-17(20(23)28)18(13-8-6-5-7-9-13)27-22(24-12)25-21(26-27)14-10-15(29-2)19(31-4)16(11-14)30-3/h5-11,18H,1-4H3,(H2,23,28)(H,24,25,26). The number of rotatable bonds is 6. The van der Waals surface area contributed by atoms with Crippen molar-refractivity contribution in [3.8, 4) is 28.6 Å². The first-order chi connectivity index (χ1) is 15.0. The molecule has 0 bridgehead atoms. The quantitative estimate of drug-likeness (QED) is 0.629. The van der Waals surface area contributed by atoms with Gasteiger partial charge in [-0.25, -0.2) is 4.68 Å². The second-order valence-electron chi connectivity index (χ2n) is 6.96. The Morgan fingerprint density at radius 2 is 1.71 bits per heavy atom. The van der Waals surface area contributed by atoms with Gasteiger partial charge >= 0.3 is 0 Å². The van der Waals surface area contributed by atoms with Crippen LogP contribution in [0.4, 0.5) is 5.95 Å². The summed E-state index contributed by atoms with van der Waals surface area (Å²) in [5, 5.41) is 7.84. The Balaban J connectivity index is 1.88. The number of primary amides is 1. The van der Waals surface area contributed by atoms with Crippen LogP contribution in [0.1, 0.15) is 18.5 Å². The minimum absolute atomic E-state index is 0.431. The topological polar surface area (TPSA) is 114 Å². The largest absolute Gasteiger partial charge is 0.493 e. The Hall–Kier alpha value is -4.01. The van der Waals surface area contributed by atoms with Gasteiger partial charge in [0.15, 0.2) is 17.3 Å². The van der Waals surface area contributed by atoms with Crippen LogP contribution in [0.3, 0.4) is 0 Å². The Labute approximate surface area is 179 Å². The third-order valence-corrected chi connectivity index (χ3v) is 5.16. The molecule has 4 rings (SSSR count). The highest BCUT2D eigenvalue weighted by molar-refractivity contribution is 5.95. The van der Waals surface area contributed by atoms with Crippen LogP contribution in [0.15, 0.2) is 53.7 Å². The average molecular weight is 421 g/mol. The van der Waals surface area contributed by atoms with Gasteiger partial charge in [-0.05, 0) is 24.6 Å². The summed E-state index contributed by atoms with van der Waals surface area (Å²) in [6.07, 6.45) is 0. The highest BCUT2D eigenvalue weighted by atomic mass is 16.5. The number of nitrogens with two attached hydrogens (primary N) is 1. The second kappa shape index (κ2) is 8.02. The predicted octanol–water partition coefficient (Wildman–Crippen LogP) is 2.75. The van der Waals surface area contributed by atoms with E-state index in [0.717, 1.165) is 5.56 Å². The lowest BCUT2D eigenvalue weighted by Crippen LogP contribution is -2.31. The number of benzene rings is 2. The summed E-state index contributed by atoms with van der Waals surface area (Å²) in [7, 11) is 4.64. The van der Waals surface area contributed by atoms with Gasteiger partial charge in [-0.2, -0.15) is 4.98 Å². The summed E-state index contributed by atoms with van der Waals surface area (Å²) < 4.78 is 18.0. The van der Waals surface area contributed by atoms with Crippen LogP contribution in [-0.4, -0.2) is 42.0 Å². The molecule has 1 aliphatic heterocycles. The van der Waals surface area contributed by atoms with Crippen molar-refractivity contribution in [2.75, 3.05) is 26.6 Å². The third-order valence-electron chi connectivity index (χ3n) is 5.16. The number of aromatic nitrogens is 3. The molecule has 1 amide bonds. The summed E-state index contributed by atoms with van der Waals surface area (Å²) >= 11 is 0. The second-order valence-corrected chi connectivity index (χ2v) is 6.96. The fraction of sp³-hybridized carbons (Fsp3) is 0.227. The van der Waals surface area contributed by atoms with Gasteiger partial charge in [0, 0.05) is 11.3 Å². The lowest BCUT2D eigenvalue weighted by atomic mass is 9.95. The number of methoxy groups -OCH3 is 3. The van der Waals surface area contributed by atoms with E-state index in [2.05, 4.69) is 10.3 Å². The number of nitrogens with zero attached hydrogens (tertiary/aromatic N) is 3. The Kier molecular flexibility index (Phi) is 5.24. The number of hydrogen-bond donors (Lipinski definition) is 2. The molecule has 160 valence electrons. The lowest BCUT2D eigenvalue weighted by Gasteiger charge is -2.27. The summed E-state index contributed by atoms with van der Waals surface area (Å²) in [6.45, 7) is 1.80. The van der Waals surface area contributed by atoms with Crippen LogP contribution in [0.5, 0.6) is 17.2 Å². The fourth-order valence-electron chi connectivity index (χ4n) is 3.75. The molecule has 3 aromatic rings. The van der Waals surface area contributed by atoms with Gasteiger partial charge in [0.25, 0.3) is 0 Å². The Bertz CT molecular complexity index is 1140. The fourth-order valence-corrected chi connectivity index (χ4v) is 3.75. The van der Waals surface area contributed by atoms with Crippen molar-refractivity contribution in [1.29, 1.82) is 0 Å². The lowest BCUT2D eigenvalue weighted by molar-refractivity contribution is -0.115. The van der Waals surface area contributed by atoms with E-state index >= 15 is 0 Å². The number of nitrogens with one attached hydrogen (secondary N) is 1. The molecule has 1 aromatic heterocycles. The first-order valence-corrected chi connectivity index (χ1v) is 9.58. The van der Waals surface area contributed by atoms with Crippen molar-refractivity contribution < 1.29 is 19.0 Å². The molecule has 3 N–H and O–H groups in total. The molecule has 9 nitrogen and oxygen atoms in total. The summed E-state index contributed by atoms with van der Waals surface area (Å²) in [5.74, 6) is 1.87. The zero-order valence-electron chi connectivity index (χ0n) is 17.7. The number of allylic oxidation sites excluding steroid dienone is 1. The van der Waals surface area contributed by atoms with Gasteiger partial charge in [0.1, 0.15) is 6.04 Å². The molecule has 0 saturated carbocycles. The number of carbonyl (C=O) groups excluding carboxylic acids is 1. The van der Waals surface area contributed by atoms with E-state index in [1.165, 1.54) is 0 Å². The number of fused-ring (bicyclic) bond motifs is 1. The van der Waals surface area contributed by atoms with Crippen molar-refractivity contribution >= 4 is 11.9 Å². The predicted molar refractivity (Wildman–Crippen MR) is 115 cm³/mol. The van der Waals surface area contributed by atoms with Crippen LogP contribution in [0, 0.1) is 0 Å². The molecule has 1 aliphatic rings. The van der Waals surface area contributed by atoms with E-state index < -0.39 is 11.9 Å². The number of amides is 1. The first-order valence-electron chi connectivity index (χ1n) is 9.58. The highest BCUT2D eigenvalue weighted by Crippen LogP contribution is 2.42. The van der Waals surface area contributed by atoms with E-state index in [1.54, 1.807) is 45.1 Å².